The summed E-state index contributed by atoms with van der Waals surface area (Å²) < 4.78 is 0. The van der Waals surface area contributed by atoms with Gasteiger partial charge in [-0.05, 0) is 48.0 Å². The van der Waals surface area contributed by atoms with Gasteiger partial charge in [0.15, 0.2) is 5.11 Å². The van der Waals surface area contributed by atoms with Crippen molar-refractivity contribution in [1.29, 1.82) is 0 Å². The quantitative estimate of drug-likeness (QED) is 0.467. The van der Waals surface area contributed by atoms with Crippen LogP contribution in [0.5, 0.6) is 0 Å². The molecule has 0 aliphatic carbocycles. The molecule has 0 radical (unpaired) electrons. The number of anilines is 1. The molecule has 0 saturated heterocycles. The summed E-state index contributed by atoms with van der Waals surface area (Å²) in [4.78, 5) is 23.4. The zero-order valence-electron chi connectivity index (χ0n) is 13.4. The molecule has 1 aliphatic rings. The lowest BCUT2D eigenvalue weighted by Gasteiger charge is -2.31. The summed E-state index contributed by atoms with van der Waals surface area (Å²) in [5.74, 6) is -1.09. The Labute approximate surface area is 159 Å². The number of thiocarbonyl (C=S) groups is 1. The predicted octanol–water partition coefficient (Wildman–Crippen LogP) is 3.70. The third kappa shape index (κ3) is 3.76. The molecular weight excluding hydrogens is 378 g/mol. The highest BCUT2D eigenvalue weighted by Crippen LogP contribution is 2.25. The Morgan fingerprint density at radius 1 is 1.27 bits per heavy atom. The molecule has 0 unspecified atom stereocenters. The number of carbonyl (C=O) groups is 1. The Morgan fingerprint density at radius 3 is 2.69 bits per heavy atom. The highest BCUT2D eigenvalue weighted by molar-refractivity contribution is 7.80. The van der Waals surface area contributed by atoms with E-state index in [-0.39, 0.29) is 16.3 Å². The van der Waals surface area contributed by atoms with E-state index in [1.165, 1.54) is 18.2 Å². The van der Waals surface area contributed by atoms with Gasteiger partial charge in [0.2, 0.25) is 0 Å². The smallest absolute Gasteiger partial charge is 0.337 e. The maximum atomic E-state index is 11.0. The maximum absolute atomic E-state index is 11.0. The molecule has 134 valence electrons. The highest BCUT2D eigenvalue weighted by Gasteiger charge is 2.21. The summed E-state index contributed by atoms with van der Waals surface area (Å²) in [7, 11) is 0. The first-order chi connectivity index (χ1) is 12.3. The van der Waals surface area contributed by atoms with E-state index < -0.39 is 10.9 Å². The summed E-state index contributed by atoms with van der Waals surface area (Å²) in [6.07, 6.45) is 0.650. The number of aromatic carboxylic acids is 1. The van der Waals surface area contributed by atoms with E-state index in [0.29, 0.717) is 30.3 Å². The van der Waals surface area contributed by atoms with Crippen molar-refractivity contribution < 1.29 is 14.8 Å². The van der Waals surface area contributed by atoms with Gasteiger partial charge in [-0.2, -0.15) is 0 Å². The Morgan fingerprint density at radius 2 is 2.04 bits per heavy atom. The Kier molecular flexibility index (Phi) is 5.06. The van der Waals surface area contributed by atoms with Crippen LogP contribution in [0, 0.1) is 10.1 Å². The van der Waals surface area contributed by atoms with Crippen molar-refractivity contribution in [2.24, 2.45) is 0 Å². The highest BCUT2D eigenvalue weighted by atomic mass is 35.5. The summed E-state index contributed by atoms with van der Waals surface area (Å²) in [6, 6.07) is 9.37. The van der Waals surface area contributed by atoms with Gasteiger partial charge in [0.1, 0.15) is 0 Å². The van der Waals surface area contributed by atoms with E-state index in [4.69, 9.17) is 28.9 Å². The Bertz CT molecular complexity index is 919. The fourth-order valence-electron chi connectivity index (χ4n) is 2.80. The molecule has 0 spiro atoms. The summed E-state index contributed by atoms with van der Waals surface area (Å²) in [5.41, 5.74) is 2.65. The van der Waals surface area contributed by atoms with Crippen LogP contribution in [0.4, 0.5) is 11.4 Å². The minimum atomic E-state index is -1.09. The summed E-state index contributed by atoms with van der Waals surface area (Å²) in [6.45, 7) is 1.17. The molecule has 0 bridgehead atoms. The minimum Gasteiger partial charge on any atom is -0.478 e. The van der Waals surface area contributed by atoms with Crippen LogP contribution in [-0.2, 0) is 13.0 Å². The zero-order chi connectivity index (χ0) is 18.8. The molecule has 7 nitrogen and oxygen atoms in total. The maximum Gasteiger partial charge on any atom is 0.337 e. The second-order valence-corrected chi connectivity index (χ2v) is 6.61. The van der Waals surface area contributed by atoms with E-state index >= 15 is 0 Å². The van der Waals surface area contributed by atoms with Gasteiger partial charge in [0, 0.05) is 30.9 Å². The van der Waals surface area contributed by atoms with Crippen molar-refractivity contribution in [3.63, 3.8) is 0 Å². The van der Waals surface area contributed by atoms with Gasteiger partial charge in [-0.25, -0.2) is 4.79 Å². The molecule has 0 saturated carbocycles. The molecule has 26 heavy (non-hydrogen) atoms. The lowest BCUT2D eigenvalue weighted by molar-refractivity contribution is -0.384. The first kappa shape index (κ1) is 18.1. The van der Waals surface area contributed by atoms with Gasteiger partial charge in [0.05, 0.1) is 15.5 Å². The summed E-state index contributed by atoms with van der Waals surface area (Å²) in [5, 5.41) is 23.5. The van der Waals surface area contributed by atoms with Gasteiger partial charge >= 0.3 is 5.97 Å². The van der Waals surface area contributed by atoms with Crippen LogP contribution in [0.3, 0.4) is 0 Å². The molecule has 2 N–H and O–H groups in total. The minimum absolute atomic E-state index is 0.0247. The van der Waals surface area contributed by atoms with E-state index in [1.807, 2.05) is 4.90 Å². The number of benzene rings is 2. The molecule has 0 atom stereocenters. The standard InChI is InChI=1S/C17H14ClN3O4S/c18-15-8-12(2-4-14(15)16(22)23)19-17(26)20-6-5-10-7-13(21(24)25)3-1-11(10)9-20/h1-4,7-8H,5-6,9H2,(H,19,26)(H,22,23). The molecule has 1 heterocycles. The topological polar surface area (TPSA) is 95.7 Å². The largest absolute Gasteiger partial charge is 0.478 e. The van der Waals surface area contributed by atoms with Crippen LogP contribution in [0.25, 0.3) is 0 Å². The third-order valence-corrected chi connectivity index (χ3v) is 4.82. The molecule has 0 fully saturated rings. The Balaban J connectivity index is 1.71. The van der Waals surface area contributed by atoms with Gasteiger partial charge in [0.25, 0.3) is 5.69 Å². The number of halogens is 1. The first-order valence-corrected chi connectivity index (χ1v) is 8.49. The molecule has 2 aromatic carbocycles. The van der Waals surface area contributed by atoms with Crippen LogP contribution in [0.2, 0.25) is 5.02 Å². The molecular formula is C17H14ClN3O4S. The first-order valence-electron chi connectivity index (χ1n) is 7.70. The fraction of sp³-hybridized carbons (Fsp3) is 0.176. The normalized spacial score (nSPS) is 13.0. The number of nitro benzene ring substituents is 1. The van der Waals surface area contributed by atoms with Crippen molar-refractivity contribution in [3.8, 4) is 0 Å². The van der Waals surface area contributed by atoms with Crippen LogP contribution in [-0.4, -0.2) is 32.6 Å². The van der Waals surface area contributed by atoms with Gasteiger partial charge < -0.3 is 15.3 Å². The van der Waals surface area contributed by atoms with E-state index in [1.54, 1.807) is 18.2 Å². The van der Waals surface area contributed by atoms with Crippen molar-refractivity contribution in [2.75, 3.05) is 11.9 Å². The number of nitro groups is 1. The van der Waals surface area contributed by atoms with Crippen LogP contribution in [0.15, 0.2) is 36.4 Å². The second kappa shape index (κ2) is 7.27. The SMILES string of the molecule is O=C(O)c1ccc(NC(=S)N2CCc3cc([N+](=O)[O-])ccc3C2)cc1Cl. The number of hydrogen-bond donors (Lipinski definition) is 2. The molecule has 9 heteroatoms. The molecule has 0 aromatic heterocycles. The number of rotatable bonds is 3. The number of hydrogen-bond acceptors (Lipinski definition) is 4. The lowest BCUT2D eigenvalue weighted by Crippen LogP contribution is -2.38. The molecule has 3 rings (SSSR count). The lowest BCUT2D eigenvalue weighted by atomic mass is 9.99. The number of nitrogens with one attached hydrogen (secondary N) is 1. The Hall–Kier alpha value is -2.71. The third-order valence-electron chi connectivity index (χ3n) is 4.15. The average Bonchev–Trinajstić information content (AvgIpc) is 2.60. The van der Waals surface area contributed by atoms with Crippen LogP contribution in [0.1, 0.15) is 21.5 Å². The monoisotopic (exact) mass is 391 g/mol. The van der Waals surface area contributed by atoms with E-state index in [0.717, 1.165) is 11.1 Å². The number of carboxylic acid groups (broad SMARTS) is 1. The second-order valence-electron chi connectivity index (χ2n) is 5.81. The fourth-order valence-corrected chi connectivity index (χ4v) is 3.33. The van der Waals surface area contributed by atoms with Crippen LogP contribution < -0.4 is 5.32 Å². The van der Waals surface area contributed by atoms with Crippen molar-refractivity contribution in [2.45, 2.75) is 13.0 Å². The van der Waals surface area contributed by atoms with Crippen molar-refractivity contribution in [1.82, 2.24) is 4.90 Å². The average molecular weight is 392 g/mol. The van der Waals surface area contributed by atoms with E-state index in [2.05, 4.69) is 5.32 Å². The molecule has 2 aromatic rings. The van der Waals surface area contributed by atoms with E-state index in [9.17, 15) is 14.9 Å². The molecule has 1 aliphatic heterocycles. The van der Waals surface area contributed by atoms with Gasteiger partial charge in [-0.1, -0.05) is 17.7 Å². The zero-order valence-corrected chi connectivity index (χ0v) is 15.0. The number of non-ortho nitro benzene ring substituents is 1. The van der Waals surface area contributed by atoms with Crippen LogP contribution >= 0.6 is 23.8 Å². The predicted molar refractivity (Wildman–Crippen MR) is 102 cm³/mol. The van der Waals surface area contributed by atoms with Crippen molar-refractivity contribution >= 4 is 46.3 Å². The van der Waals surface area contributed by atoms with Gasteiger partial charge in [-0.3, -0.25) is 10.1 Å². The van der Waals surface area contributed by atoms with Gasteiger partial charge in [-0.15, -0.1) is 0 Å². The number of fused-ring (bicyclic) bond motifs is 1. The van der Waals surface area contributed by atoms with Crippen molar-refractivity contribution in [3.05, 3.63) is 68.2 Å². The molecule has 0 amide bonds. The number of nitrogens with zero attached hydrogens (tertiary/aromatic N) is 2. The number of carboxylic acids is 1. The summed E-state index contributed by atoms with van der Waals surface area (Å²) >= 11 is 11.4.